The van der Waals surface area contributed by atoms with Gasteiger partial charge in [-0.25, -0.2) is 0 Å². The number of rotatable bonds is 3. The quantitative estimate of drug-likeness (QED) is 0.776. The number of para-hydroxylation sites is 1. The van der Waals surface area contributed by atoms with Crippen molar-refractivity contribution in [1.82, 2.24) is 0 Å². The molecule has 0 bridgehead atoms. The number of phenolic OH excluding ortho intramolecular Hbond substituents is 1. The molecule has 0 amide bonds. The number of carbonyl (C=O) groups is 1. The molecule has 0 unspecified atom stereocenters. The molecule has 5 nitrogen and oxygen atoms in total. The smallest absolute Gasteiger partial charge is 0.307 e. The second kappa shape index (κ2) is 5.37. The van der Waals surface area contributed by atoms with Crippen LogP contribution in [0.5, 0.6) is 5.75 Å². The van der Waals surface area contributed by atoms with E-state index in [1.807, 2.05) is 0 Å². The number of hydrogen-bond donors (Lipinski definition) is 2. The van der Waals surface area contributed by atoms with Crippen LogP contribution in [0.3, 0.4) is 0 Å². The highest BCUT2D eigenvalue weighted by Gasteiger charge is 2.12. The molecular formula is C17H12O5. The summed E-state index contributed by atoms with van der Waals surface area (Å²) in [7, 11) is 0. The minimum absolute atomic E-state index is 0.110. The van der Waals surface area contributed by atoms with E-state index < -0.39 is 5.97 Å². The van der Waals surface area contributed by atoms with Crippen LogP contribution in [0.25, 0.3) is 22.3 Å². The van der Waals surface area contributed by atoms with Crippen molar-refractivity contribution in [3.05, 3.63) is 64.3 Å². The fourth-order valence-electron chi connectivity index (χ4n) is 2.31. The summed E-state index contributed by atoms with van der Waals surface area (Å²) >= 11 is 0. The Bertz CT molecular complexity index is 906. The maximum atomic E-state index is 12.2. The standard InChI is InChI=1S/C17H12O5/c18-12-6-4-10(5-7-12)15-9-14(19)13-3-1-2-11(8-16(20)21)17(13)22-15/h1-7,9,18H,8H2,(H,20,21). The SMILES string of the molecule is O=C(O)Cc1cccc2c(=O)cc(-c3ccc(O)cc3)oc12. The summed E-state index contributed by atoms with van der Waals surface area (Å²) in [5.41, 5.74) is 1.11. The van der Waals surface area contributed by atoms with E-state index in [9.17, 15) is 14.7 Å². The lowest BCUT2D eigenvalue weighted by Gasteiger charge is -2.06. The summed E-state index contributed by atoms with van der Waals surface area (Å²) in [6.45, 7) is 0. The van der Waals surface area contributed by atoms with E-state index in [0.29, 0.717) is 22.3 Å². The second-order valence-corrected chi connectivity index (χ2v) is 4.89. The second-order valence-electron chi connectivity index (χ2n) is 4.89. The minimum Gasteiger partial charge on any atom is -0.508 e. The number of carboxylic acids is 1. The van der Waals surface area contributed by atoms with Crippen LogP contribution in [0.2, 0.25) is 0 Å². The van der Waals surface area contributed by atoms with Crippen LogP contribution in [0.15, 0.2) is 57.7 Å². The molecule has 2 aromatic carbocycles. The van der Waals surface area contributed by atoms with Gasteiger partial charge < -0.3 is 14.6 Å². The van der Waals surface area contributed by atoms with Crippen molar-refractivity contribution < 1.29 is 19.4 Å². The van der Waals surface area contributed by atoms with Gasteiger partial charge in [-0.3, -0.25) is 9.59 Å². The number of phenols is 1. The van der Waals surface area contributed by atoms with E-state index >= 15 is 0 Å². The Kier molecular flexibility index (Phi) is 3.39. The lowest BCUT2D eigenvalue weighted by Crippen LogP contribution is -2.05. The molecule has 1 heterocycles. The molecule has 0 saturated carbocycles. The number of aromatic hydroxyl groups is 1. The van der Waals surface area contributed by atoms with Crippen molar-refractivity contribution in [3.63, 3.8) is 0 Å². The van der Waals surface area contributed by atoms with E-state index in [-0.39, 0.29) is 23.2 Å². The summed E-state index contributed by atoms with van der Waals surface area (Å²) in [6.07, 6.45) is -0.223. The molecule has 0 aliphatic carbocycles. The Morgan fingerprint density at radius 3 is 2.50 bits per heavy atom. The molecule has 0 radical (unpaired) electrons. The first kappa shape index (κ1) is 13.9. The van der Waals surface area contributed by atoms with Gasteiger partial charge in [0.2, 0.25) is 0 Å². The number of benzene rings is 2. The van der Waals surface area contributed by atoms with Crippen molar-refractivity contribution in [3.8, 4) is 17.1 Å². The molecule has 0 aliphatic heterocycles. The van der Waals surface area contributed by atoms with Gasteiger partial charge in [-0.15, -0.1) is 0 Å². The van der Waals surface area contributed by atoms with Gasteiger partial charge in [-0.2, -0.15) is 0 Å². The molecule has 0 aliphatic rings. The summed E-state index contributed by atoms with van der Waals surface area (Å²) in [5.74, 6) is -0.557. The number of fused-ring (bicyclic) bond motifs is 1. The Morgan fingerprint density at radius 1 is 1.09 bits per heavy atom. The summed E-state index contributed by atoms with van der Waals surface area (Å²) < 4.78 is 5.76. The molecule has 110 valence electrons. The Balaban J connectivity index is 2.23. The van der Waals surface area contributed by atoms with E-state index in [1.54, 1.807) is 30.3 Å². The first-order valence-corrected chi connectivity index (χ1v) is 6.61. The maximum Gasteiger partial charge on any atom is 0.307 e. The fourth-order valence-corrected chi connectivity index (χ4v) is 2.31. The first-order chi connectivity index (χ1) is 10.5. The minimum atomic E-state index is -0.995. The molecular weight excluding hydrogens is 284 g/mol. The van der Waals surface area contributed by atoms with Gasteiger partial charge in [0.1, 0.15) is 17.1 Å². The van der Waals surface area contributed by atoms with Crippen molar-refractivity contribution in [1.29, 1.82) is 0 Å². The third-order valence-corrected chi connectivity index (χ3v) is 3.33. The topological polar surface area (TPSA) is 87.7 Å². The first-order valence-electron chi connectivity index (χ1n) is 6.61. The largest absolute Gasteiger partial charge is 0.508 e. The highest BCUT2D eigenvalue weighted by Crippen LogP contribution is 2.25. The predicted octanol–water partition coefficient (Wildman–Crippen LogP) is 2.79. The molecule has 3 rings (SSSR count). The predicted molar refractivity (Wildman–Crippen MR) is 80.9 cm³/mol. The highest BCUT2D eigenvalue weighted by molar-refractivity contribution is 5.85. The van der Waals surface area contributed by atoms with Gasteiger partial charge in [0, 0.05) is 17.2 Å². The van der Waals surface area contributed by atoms with Gasteiger partial charge in [0.15, 0.2) is 5.43 Å². The van der Waals surface area contributed by atoms with Gasteiger partial charge >= 0.3 is 5.97 Å². The Hall–Kier alpha value is -3.08. The molecule has 5 heteroatoms. The van der Waals surface area contributed by atoms with Gasteiger partial charge in [-0.1, -0.05) is 12.1 Å². The van der Waals surface area contributed by atoms with Gasteiger partial charge in [-0.05, 0) is 30.3 Å². The molecule has 0 saturated heterocycles. The normalized spacial score (nSPS) is 10.7. The third kappa shape index (κ3) is 2.56. The highest BCUT2D eigenvalue weighted by atomic mass is 16.4. The van der Waals surface area contributed by atoms with E-state index in [2.05, 4.69) is 0 Å². The van der Waals surface area contributed by atoms with Crippen LogP contribution in [-0.2, 0) is 11.2 Å². The van der Waals surface area contributed by atoms with Crippen LogP contribution in [-0.4, -0.2) is 16.2 Å². The van der Waals surface area contributed by atoms with E-state index in [4.69, 9.17) is 9.52 Å². The zero-order chi connectivity index (χ0) is 15.7. The lowest BCUT2D eigenvalue weighted by molar-refractivity contribution is -0.136. The monoisotopic (exact) mass is 296 g/mol. The average molecular weight is 296 g/mol. The summed E-state index contributed by atoms with van der Waals surface area (Å²) in [6, 6.07) is 12.5. The zero-order valence-corrected chi connectivity index (χ0v) is 11.4. The zero-order valence-electron chi connectivity index (χ0n) is 11.4. The Morgan fingerprint density at radius 2 is 1.82 bits per heavy atom. The fraction of sp³-hybridized carbons (Fsp3) is 0.0588. The number of hydrogen-bond acceptors (Lipinski definition) is 4. The van der Waals surface area contributed by atoms with E-state index in [1.165, 1.54) is 18.2 Å². The van der Waals surface area contributed by atoms with Gasteiger partial charge in [0.05, 0.1) is 11.8 Å². The molecule has 22 heavy (non-hydrogen) atoms. The molecule has 3 aromatic rings. The average Bonchev–Trinajstić information content (AvgIpc) is 2.48. The van der Waals surface area contributed by atoms with Crippen LogP contribution in [0.4, 0.5) is 0 Å². The van der Waals surface area contributed by atoms with Crippen LogP contribution < -0.4 is 5.43 Å². The summed E-state index contributed by atoms with van der Waals surface area (Å²) in [5, 5.41) is 18.6. The maximum absolute atomic E-state index is 12.2. The molecule has 0 atom stereocenters. The van der Waals surface area contributed by atoms with Crippen molar-refractivity contribution in [2.24, 2.45) is 0 Å². The molecule has 0 fully saturated rings. The van der Waals surface area contributed by atoms with Crippen molar-refractivity contribution in [2.45, 2.75) is 6.42 Å². The van der Waals surface area contributed by atoms with Crippen LogP contribution >= 0.6 is 0 Å². The third-order valence-electron chi connectivity index (χ3n) is 3.33. The van der Waals surface area contributed by atoms with Crippen LogP contribution in [0.1, 0.15) is 5.56 Å². The lowest BCUT2D eigenvalue weighted by atomic mass is 10.1. The number of aliphatic carboxylic acids is 1. The Labute approximate surface area is 125 Å². The molecule has 0 spiro atoms. The van der Waals surface area contributed by atoms with E-state index in [0.717, 1.165) is 0 Å². The van der Waals surface area contributed by atoms with Crippen LogP contribution in [0, 0.1) is 0 Å². The molecule has 2 N–H and O–H groups in total. The van der Waals surface area contributed by atoms with Crippen molar-refractivity contribution >= 4 is 16.9 Å². The molecule has 1 aromatic heterocycles. The number of carboxylic acid groups (broad SMARTS) is 1. The summed E-state index contributed by atoms with van der Waals surface area (Å²) in [4.78, 5) is 23.2. The van der Waals surface area contributed by atoms with Crippen molar-refractivity contribution in [2.75, 3.05) is 0 Å². The van der Waals surface area contributed by atoms with Gasteiger partial charge in [0.25, 0.3) is 0 Å².